The normalized spacial score (nSPS) is 12.5. The highest BCUT2D eigenvalue weighted by Crippen LogP contribution is 2.32. The minimum absolute atomic E-state index is 0.254. The highest BCUT2D eigenvalue weighted by molar-refractivity contribution is 7.99. The molecule has 1 aliphatic rings. The van der Waals surface area contributed by atoms with E-state index in [0.29, 0.717) is 22.7 Å². The molecule has 1 amide bonds. The Morgan fingerprint density at radius 2 is 1.96 bits per heavy atom. The molecule has 0 aliphatic carbocycles. The van der Waals surface area contributed by atoms with Crippen molar-refractivity contribution in [1.82, 2.24) is 9.55 Å². The number of nitrogens with zero attached hydrogens (tertiary/aromatic N) is 2. The fraction of sp³-hybridized carbons (Fsp3) is 0.200. The van der Waals surface area contributed by atoms with Gasteiger partial charge in [0, 0.05) is 29.7 Å². The third-order valence-electron chi connectivity index (χ3n) is 4.39. The van der Waals surface area contributed by atoms with Crippen LogP contribution in [0.2, 0.25) is 0 Å². The van der Waals surface area contributed by atoms with Crippen molar-refractivity contribution < 1.29 is 14.3 Å². The van der Waals surface area contributed by atoms with Crippen LogP contribution in [0.3, 0.4) is 0 Å². The third-order valence-corrected chi connectivity index (χ3v) is 5.36. The Bertz CT molecular complexity index is 961. The number of rotatable bonds is 5. The van der Waals surface area contributed by atoms with E-state index in [1.165, 1.54) is 7.11 Å². The van der Waals surface area contributed by atoms with E-state index in [2.05, 4.69) is 21.1 Å². The summed E-state index contributed by atoms with van der Waals surface area (Å²) in [4.78, 5) is 17.3. The fourth-order valence-electron chi connectivity index (χ4n) is 3.04. The van der Waals surface area contributed by atoms with E-state index in [4.69, 9.17) is 9.47 Å². The van der Waals surface area contributed by atoms with Gasteiger partial charge in [-0.2, -0.15) is 0 Å². The molecule has 3 aromatic rings. The number of ether oxygens (including phenoxy) is 2. The van der Waals surface area contributed by atoms with Crippen LogP contribution in [0.15, 0.2) is 53.8 Å². The summed E-state index contributed by atoms with van der Waals surface area (Å²) in [6.07, 6.45) is 2.07. The van der Waals surface area contributed by atoms with Crippen molar-refractivity contribution in [2.75, 3.05) is 25.3 Å². The van der Waals surface area contributed by atoms with Crippen molar-refractivity contribution in [3.05, 3.63) is 54.2 Å². The predicted octanol–water partition coefficient (Wildman–Crippen LogP) is 3.93. The van der Waals surface area contributed by atoms with Crippen LogP contribution < -0.4 is 14.8 Å². The number of nitrogens with one attached hydrogen (secondary N) is 1. The van der Waals surface area contributed by atoms with E-state index < -0.39 is 0 Å². The van der Waals surface area contributed by atoms with Crippen LogP contribution in [-0.2, 0) is 6.54 Å². The molecule has 0 radical (unpaired) electrons. The molecule has 6 nitrogen and oxygen atoms in total. The second kappa shape index (κ2) is 7.36. The van der Waals surface area contributed by atoms with Gasteiger partial charge in [-0.15, -0.1) is 0 Å². The molecule has 2 aromatic carbocycles. The number of anilines is 1. The maximum absolute atomic E-state index is 12.6. The molecular weight excluding hydrogens is 362 g/mol. The van der Waals surface area contributed by atoms with Crippen molar-refractivity contribution in [2.24, 2.45) is 0 Å². The maximum Gasteiger partial charge on any atom is 0.259 e. The lowest BCUT2D eigenvalue weighted by Gasteiger charge is -2.12. The summed E-state index contributed by atoms with van der Waals surface area (Å²) in [6.45, 7) is 1.00. The molecule has 0 saturated heterocycles. The third kappa shape index (κ3) is 3.38. The van der Waals surface area contributed by atoms with Crippen LogP contribution in [0, 0.1) is 0 Å². The first-order chi connectivity index (χ1) is 13.2. The number of hydrogen-bond donors (Lipinski definition) is 1. The van der Waals surface area contributed by atoms with Crippen LogP contribution in [0.4, 0.5) is 5.69 Å². The number of hydrogen-bond acceptors (Lipinski definition) is 5. The number of carbonyl (C=O) groups excluding carboxylic acids is 1. The van der Waals surface area contributed by atoms with Crippen LogP contribution in [0.1, 0.15) is 10.4 Å². The smallest absolute Gasteiger partial charge is 0.259 e. The molecule has 4 rings (SSSR count). The summed E-state index contributed by atoms with van der Waals surface area (Å²) in [6, 6.07) is 12.9. The van der Waals surface area contributed by atoms with Gasteiger partial charge < -0.3 is 19.4 Å². The number of amides is 1. The molecular formula is C20H19N3O3S. The topological polar surface area (TPSA) is 65.4 Å². The molecule has 1 aromatic heterocycles. The maximum atomic E-state index is 12.6. The Kier molecular flexibility index (Phi) is 4.77. The molecule has 2 heterocycles. The number of fused-ring (bicyclic) bond motifs is 1. The van der Waals surface area contributed by atoms with Gasteiger partial charge in [-0.25, -0.2) is 4.98 Å². The number of aryl methyl sites for hydroxylation is 1. The number of thioether (sulfide) groups is 1. The minimum Gasteiger partial charge on any atom is -0.493 e. The van der Waals surface area contributed by atoms with Crippen molar-refractivity contribution in [2.45, 2.75) is 11.7 Å². The second-order valence-electron chi connectivity index (χ2n) is 6.02. The van der Waals surface area contributed by atoms with Crippen LogP contribution >= 0.6 is 11.8 Å². The van der Waals surface area contributed by atoms with Gasteiger partial charge in [0.1, 0.15) is 0 Å². The average Bonchev–Trinajstić information content (AvgIpc) is 3.30. The molecule has 27 heavy (non-hydrogen) atoms. The summed E-state index contributed by atoms with van der Waals surface area (Å²) < 4.78 is 12.8. The van der Waals surface area contributed by atoms with Gasteiger partial charge in [-0.3, -0.25) is 4.79 Å². The van der Waals surface area contributed by atoms with E-state index in [0.717, 1.165) is 28.7 Å². The lowest BCUT2D eigenvalue weighted by molar-refractivity contribution is 0.102. The molecule has 7 heteroatoms. The monoisotopic (exact) mass is 381 g/mol. The summed E-state index contributed by atoms with van der Waals surface area (Å²) in [5.74, 6) is 1.77. The SMILES string of the molecule is COc1cccc(C(=O)Nc2ccc(-c3cn4c(n3)SCC4)cc2)c1OC. The zero-order chi connectivity index (χ0) is 18.8. The number of aromatic nitrogens is 2. The van der Waals surface area contributed by atoms with E-state index in [1.807, 2.05) is 24.3 Å². The molecule has 0 spiro atoms. The highest BCUT2D eigenvalue weighted by atomic mass is 32.2. The van der Waals surface area contributed by atoms with Crippen molar-refractivity contribution in [3.8, 4) is 22.8 Å². The highest BCUT2D eigenvalue weighted by Gasteiger charge is 2.17. The van der Waals surface area contributed by atoms with E-state index in [-0.39, 0.29) is 5.91 Å². The summed E-state index contributed by atoms with van der Waals surface area (Å²) in [5.41, 5.74) is 3.09. The average molecular weight is 381 g/mol. The Morgan fingerprint density at radius 1 is 1.15 bits per heavy atom. The van der Waals surface area contributed by atoms with Crippen molar-refractivity contribution in [3.63, 3.8) is 0 Å². The van der Waals surface area contributed by atoms with Gasteiger partial charge in [0.05, 0.1) is 25.5 Å². The summed E-state index contributed by atoms with van der Waals surface area (Å²) in [7, 11) is 3.06. The van der Waals surface area contributed by atoms with Gasteiger partial charge in [-0.05, 0) is 24.3 Å². The van der Waals surface area contributed by atoms with Crippen molar-refractivity contribution >= 4 is 23.4 Å². The first kappa shape index (κ1) is 17.5. The molecule has 1 aliphatic heterocycles. The molecule has 0 fully saturated rings. The predicted molar refractivity (Wildman–Crippen MR) is 106 cm³/mol. The molecule has 138 valence electrons. The van der Waals surface area contributed by atoms with E-state index in [1.54, 1.807) is 37.1 Å². The molecule has 0 atom stereocenters. The number of imidazole rings is 1. The number of benzene rings is 2. The largest absolute Gasteiger partial charge is 0.493 e. The summed E-state index contributed by atoms with van der Waals surface area (Å²) >= 11 is 1.77. The van der Waals surface area contributed by atoms with Gasteiger partial charge in [-0.1, -0.05) is 30.0 Å². The van der Waals surface area contributed by atoms with Crippen LogP contribution in [-0.4, -0.2) is 35.4 Å². The number of carbonyl (C=O) groups is 1. The first-order valence-corrected chi connectivity index (χ1v) is 9.51. The van der Waals surface area contributed by atoms with Crippen LogP contribution in [0.5, 0.6) is 11.5 Å². The molecule has 0 saturated carbocycles. The first-order valence-electron chi connectivity index (χ1n) is 8.52. The number of methoxy groups -OCH3 is 2. The summed E-state index contributed by atoms with van der Waals surface area (Å²) in [5, 5.41) is 3.96. The molecule has 0 bridgehead atoms. The lowest BCUT2D eigenvalue weighted by atomic mass is 10.1. The number of para-hydroxylation sites is 1. The second-order valence-corrected chi connectivity index (χ2v) is 7.09. The van der Waals surface area contributed by atoms with Gasteiger partial charge >= 0.3 is 0 Å². The molecule has 1 N–H and O–H groups in total. The Labute approximate surface area is 161 Å². The van der Waals surface area contributed by atoms with Gasteiger partial charge in [0.2, 0.25) is 0 Å². The standard InChI is InChI=1S/C20H19N3O3S/c1-25-17-5-3-4-15(18(17)26-2)19(24)21-14-8-6-13(7-9-14)16-12-23-10-11-27-20(23)22-16/h3-9,12H,10-11H2,1-2H3,(H,21,24). The van der Waals surface area contributed by atoms with Crippen molar-refractivity contribution in [1.29, 1.82) is 0 Å². The van der Waals surface area contributed by atoms with Crippen LogP contribution in [0.25, 0.3) is 11.3 Å². The Morgan fingerprint density at radius 3 is 2.67 bits per heavy atom. The fourth-order valence-corrected chi connectivity index (χ4v) is 3.98. The van der Waals surface area contributed by atoms with E-state index in [9.17, 15) is 4.79 Å². The minimum atomic E-state index is -0.254. The molecule has 0 unspecified atom stereocenters. The quantitative estimate of drug-likeness (QED) is 0.726. The Hall–Kier alpha value is -2.93. The van der Waals surface area contributed by atoms with Gasteiger partial charge in [0.15, 0.2) is 16.7 Å². The Balaban J connectivity index is 1.52. The van der Waals surface area contributed by atoms with Gasteiger partial charge in [0.25, 0.3) is 5.91 Å². The lowest BCUT2D eigenvalue weighted by Crippen LogP contribution is -2.13. The zero-order valence-electron chi connectivity index (χ0n) is 15.1. The van der Waals surface area contributed by atoms with E-state index >= 15 is 0 Å². The zero-order valence-corrected chi connectivity index (χ0v) is 15.9.